The number of carboxylic acid groups (broad SMARTS) is 1. The molecule has 0 spiro atoms. The van der Waals surface area contributed by atoms with Crippen molar-refractivity contribution < 1.29 is 14.7 Å². The first-order valence-corrected chi connectivity index (χ1v) is 8.09. The summed E-state index contributed by atoms with van der Waals surface area (Å²) in [4.78, 5) is 23.3. The largest absolute Gasteiger partial charge is 0.479 e. The zero-order valence-electron chi connectivity index (χ0n) is 12.1. The molecule has 2 rings (SSSR count). The summed E-state index contributed by atoms with van der Waals surface area (Å²) in [6.07, 6.45) is 8.03. The molecule has 0 saturated heterocycles. The minimum Gasteiger partial charge on any atom is -0.479 e. The SMILES string of the molecule is CSC1CCC(NC(=O)NC(C(=O)O)c2cnn(C)c2)C1. The molecule has 1 aromatic rings. The Morgan fingerprint density at radius 3 is 2.81 bits per heavy atom. The van der Waals surface area contributed by atoms with Gasteiger partial charge in [0, 0.05) is 30.1 Å². The van der Waals surface area contributed by atoms with Crippen LogP contribution >= 0.6 is 11.8 Å². The number of urea groups is 1. The average molecular weight is 312 g/mol. The Hall–Kier alpha value is -1.70. The fourth-order valence-corrected chi connectivity index (χ4v) is 3.32. The minimum atomic E-state index is -1.11. The predicted molar refractivity (Wildman–Crippen MR) is 80.2 cm³/mol. The molecule has 21 heavy (non-hydrogen) atoms. The molecule has 8 heteroatoms. The third-order valence-electron chi connectivity index (χ3n) is 3.63. The molecule has 1 fully saturated rings. The van der Waals surface area contributed by atoms with Gasteiger partial charge in [-0.25, -0.2) is 9.59 Å². The van der Waals surface area contributed by atoms with Crippen LogP contribution in [0, 0.1) is 0 Å². The molecule has 0 aromatic carbocycles. The zero-order chi connectivity index (χ0) is 15.4. The third-order valence-corrected chi connectivity index (χ3v) is 4.73. The Labute approximate surface area is 127 Å². The van der Waals surface area contributed by atoms with Gasteiger partial charge in [0.1, 0.15) is 0 Å². The van der Waals surface area contributed by atoms with Gasteiger partial charge < -0.3 is 15.7 Å². The molecule has 0 aliphatic heterocycles. The van der Waals surface area contributed by atoms with E-state index in [4.69, 9.17) is 0 Å². The topological polar surface area (TPSA) is 96.2 Å². The summed E-state index contributed by atoms with van der Waals surface area (Å²) >= 11 is 1.80. The second kappa shape index (κ2) is 6.84. The van der Waals surface area contributed by atoms with Crippen molar-refractivity contribution in [3.8, 4) is 0 Å². The van der Waals surface area contributed by atoms with E-state index in [1.807, 2.05) is 0 Å². The maximum absolute atomic E-state index is 12.0. The number of carbonyl (C=O) groups excluding carboxylic acids is 1. The van der Waals surface area contributed by atoms with Gasteiger partial charge in [0.05, 0.1) is 6.20 Å². The van der Waals surface area contributed by atoms with Crippen LogP contribution in [0.1, 0.15) is 30.9 Å². The quantitative estimate of drug-likeness (QED) is 0.757. The third kappa shape index (κ3) is 4.13. The standard InChI is InChI=1S/C13H20N4O3S/c1-17-7-8(6-14-17)11(12(18)19)16-13(20)15-9-3-4-10(5-9)21-2/h6-7,9-11H,3-5H2,1-2H3,(H,18,19)(H2,15,16,20). The smallest absolute Gasteiger partial charge is 0.331 e. The molecule has 1 aromatic heterocycles. The van der Waals surface area contributed by atoms with Crippen molar-refractivity contribution in [2.75, 3.05) is 6.26 Å². The summed E-state index contributed by atoms with van der Waals surface area (Å²) in [5.41, 5.74) is 0.452. The molecule has 0 bridgehead atoms. The van der Waals surface area contributed by atoms with Gasteiger partial charge >= 0.3 is 12.0 Å². The summed E-state index contributed by atoms with van der Waals surface area (Å²) in [6, 6.07) is -1.42. The van der Waals surface area contributed by atoms with Gasteiger partial charge in [-0.05, 0) is 25.5 Å². The molecule has 1 heterocycles. The Balaban J connectivity index is 1.92. The summed E-state index contributed by atoms with van der Waals surface area (Å²) in [5, 5.41) is 19.1. The number of aromatic nitrogens is 2. The van der Waals surface area contributed by atoms with Crippen molar-refractivity contribution in [1.29, 1.82) is 0 Å². The van der Waals surface area contributed by atoms with Crippen LogP contribution in [-0.4, -0.2) is 44.4 Å². The Kier molecular flexibility index (Phi) is 5.11. The lowest BCUT2D eigenvalue weighted by Gasteiger charge is -2.17. The lowest BCUT2D eigenvalue weighted by Crippen LogP contribution is -2.44. The highest BCUT2D eigenvalue weighted by Gasteiger charge is 2.28. The second-order valence-corrected chi connectivity index (χ2v) is 6.34. The van der Waals surface area contributed by atoms with Crippen molar-refractivity contribution >= 4 is 23.8 Å². The Morgan fingerprint density at radius 2 is 2.29 bits per heavy atom. The normalized spacial score (nSPS) is 22.8. The van der Waals surface area contributed by atoms with Gasteiger partial charge in [0.15, 0.2) is 6.04 Å². The number of rotatable bonds is 5. The highest BCUT2D eigenvalue weighted by atomic mass is 32.2. The van der Waals surface area contributed by atoms with E-state index in [9.17, 15) is 14.7 Å². The van der Waals surface area contributed by atoms with E-state index in [1.54, 1.807) is 25.0 Å². The monoisotopic (exact) mass is 312 g/mol. The first kappa shape index (κ1) is 15.7. The lowest BCUT2D eigenvalue weighted by molar-refractivity contribution is -0.139. The molecule has 3 atom stereocenters. The van der Waals surface area contributed by atoms with Crippen molar-refractivity contribution in [1.82, 2.24) is 20.4 Å². The zero-order valence-corrected chi connectivity index (χ0v) is 12.9. The van der Waals surface area contributed by atoms with Crippen LogP contribution in [-0.2, 0) is 11.8 Å². The van der Waals surface area contributed by atoms with Gasteiger partial charge in [-0.2, -0.15) is 16.9 Å². The second-order valence-electron chi connectivity index (χ2n) is 5.20. The number of aliphatic carboxylic acids is 1. The van der Waals surface area contributed by atoms with Crippen LogP contribution in [0.2, 0.25) is 0 Å². The number of hydrogen-bond donors (Lipinski definition) is 3. The molecule has 2 amide bonds. The minimum absolute atomic E-state index is 0.116. The maximum Gasteiger partial charge on any atom is 0.331 e. The van der Waals surface area contributed by atoms with Crippen molar-refractivity contribution in [3.63, 3.8) is 0 Å². The molecule has 0 radical (unpaired) electrons. The molecule has 116 valence electrons. The molecule has 1 saturated carbocycles. The number of carbonyl (C=O) groups is 2. The molecule has 3 N–H and O–H groups in total. The summed E-state index contributed by atoms with van der Waals surface area (Å²) < 4.78 is 1.50. The van der Waals surface area contributed by atoms with Crippen LogP contribution < -0.4 is 10.6 Å². The molecule has 1 aliphatic rings. The van der Waals surface area contributed by atoms with Gasteiger partial charge in [-0.1, -0.05) is 0 Å². The van der Waals surface area contributed by atoms with Crippen LogP contribution in [0.4, 0.5) is 4.79 Å². The van der Waals surface area contributed by atoms with Crippen molar-refractivity contribution in [2.45, 2.75) is 36.6 Å². The number of nitrogens with one attached hydrogen (secondary N) is 2. The fraction of sp³-hybridized carbons (Fsp3) is 0.615. The first-order chi connectivity index (χ1) is 9.99. The van der Waals surface area contributed by atoms with E-state index in [-0.39, 0.29) is 6.04 Å². The average Bonchev–Trinajstić information content (AvgIpc) is 3.04. The molecular formula is C13H20N4O3S. The highest BCUT2D eigenvalue weighted by molar-refractivity contribution is 7.99. The number of nitrogens with zero attached hydrogens (tertiary/aromatic N) is 2. The highest BCUT2D eigenvalue weighted by Crippen LogP contribution is 2.28. The van der Waals surface area contributed by atoms with E-state index < -0.39 is 18.0 Å². The van der Waals surface area contributed by atoms with Gasteiger partial charge in [-0.15, -0.1) is 0 Å². The maximum atomic E-state index is 12.0. The number of carboxylic acids is 1. The van der Waals surface area contributed by atoms with E-state index in [0.29, 0.717) is 10.8 Å². The van der Waals surface area contributed by atoms with E-state index >= 15 is 0 Å². The Morgan fingerprint density at radius 1 is 1.52 bits per heavy atom. The van der Waals surface area contributed by atoms with E-state index in [1.165, 1.54) is 10.9 Å². The summed E-state index contributed by atoms with van der Waals surface area (Å²) in [7, 11) is 1.70. The molecule has 1 aliphatic carbocycles. The van der Waals surface area contributed by atoms with Crippen molar-refractivity contribution in [3.05, 3.63) is 18.0 Å². The van der Waals surface area contributed by atoms with Crippen LogP contribution in [0.5, 0.6) is 0 Å². The number of hydrogen-bond acceptors (Lipinski definition) is 4. The summed E-state index contributed by atoms with van der Waals surface area (Å²) in [6.45, 7) is 0. The van der Waals surface area contributed by atoms with E-state index in [0.717, 1.165) is 19.3 Å². The van der Waals surface area contributed by atoms with Gasteiger partial charge in [0.2, 0.25) is 0 Å². The van der Waals surface area contributed by atoms with Crippen molar-refractivity contribution in [2.24, 2.45) is 7.05 Å². The Bertz CT molecular complexity index is 519. The fourth-order valence-electron chi connectivity index (χ4n) is 2.52. The summed E-state index contributed by atoms with van der Waals surface area (Å²) in [5.74, 6) is -1.11. The van der Waals surface area contributed by atoms with Crippen LogP contribution in [0.25, 0.3) is 0 Å². The number of aryl methyl sites for hydroxylation is 1. The molecule has 3 unspecified atom stereocenters. The lowest BCUT2D eigenvalue weighted by atomic mass is 10.1. The first-order valence-electron chi connectivity index (χ1n) is 6.80. The van der Waals surface area contributed by atoms with Crippen LogP contribution in [0.3, 0.4) is 0 Å². The van der Waals surface area contributed by atoms with E-state index in [2.05, 4.69) is 22.0 Å². The van der Waals surface area contributed by atoms with Crippen LogP contribution in [0.15, 0.2) is 12.4 Å². The number of thioether (sulfide) groups is 1. The number of amides is 2. The van der Waals surface area contributed by atoms with Gasteiger partial charge in [-0.3, -0.25) is 4.68 Å². The predicted octanol–water partition coefficient (Wildman–Crippen LogP) is 1.13. The molecular weight excluding hydrogens is 292 g/mol. The van der Waals surface area contributed by atoms with Gasteiger partial charge in [0.25, 0.3) is 0 Å². The molecule has 7 nitrogen and oxygen atoms in total.